The van der Waals surface area contributed by atoms with Crippen LogP contribution < -0.4 is 5.73 Å². The molecule has 0 amide bonds. The molecule has 1 aliphatic carbocycles. The van der Waals surface area contributed by atoms with Crippen LogP contribution >= 0.6 is 0 Å². The molecule has 0 heterocycles. The van der Waals surface area contributed by atoms with Gasteiger partial charge in [-0.1, -0.05) is 25.5 Å². The maximum absolute atomic E-state index is 13.2. The highest BCUT2D eigenvalue weighted by Crippen LogP contribution is 2.37. The number of rotatable bonds is 2. The predicted octanol–water partition coefficient (Wildman–Crippen LogP) is 3.57. The van der Waals surface area contributed by atoms with Gasteiger partial charge in [0.05, 0.1) is 0 Å². The molecular formula is C14H20FN. The quantitative estimate of drug-likeness (QED) is 0.811. The molecule has 1 aromatic carbocycles. The van der Waals surface area contributed by atoms with E-state index < -0.39 is 0 Å². The number of benzene rings is 1. The van der Waals surface area contributed by atoms with Crippen LogP contribution in [0.4, 0.5) is 4.39 Å². The molecule has 0 saturated heterocycles. The van der Waals surface area contributed by atoms with Gasteiger partial charge in [0.2, 0.25) is 0 Å². The fraction of sp³-hybridized carbons (Fsp3) is 0.571. The van der Waals surface area contributed by atoms with Crippen molar-refractivity contribution in [2.75, 3.05) is 0 Å². The molecule has 1 aliphatic rings. The minimum absolute atomic E-state index is 0.0734. The van der Waals surface area contributed by atoms with Crippen molar-refractivity contribution in [2.45, 2.75) is 39.2 Å². The minimum Gasteiger partial charge on any atom is -0.324 e. The van der Waals surface area contributed by atoms with Gasteiger partial charge in [-0.25, -0.2) is 4.39 Å². The summed E-state index contributed by atoms with van der Waals surface area (Å²) in [5.74, 6) is 1.22. The number of halogens is 1. The highest BCUT2D eigenvalue weighted by molar-refractivity contribution is 5.26. The lowest BCUT2D eigenvalue weighted by Gasteiger charge is -2.20. The van der Waals surface area contributed by atoms with Gasteiger partial charge < -0.3 is 5.73 Å². The molecule has 2 rings (SSSR count). The van der Waals surface area contributed by atoms with Crippen molar-refractivity contribution in [1.82, 2.24) is 0 Å². The van der Waals surface area contributed by atoms with Crippen LogP contribution in [0.5, 0.6) is 0 Å². The molecule has 0 radical (unpaired) electrons. The monoisotopic (exact) mass is 221 g/mol. The van der Waals surface area contributed by atoms with E-state index in [4.69, 9.17) is 5.73 Å². The van der Waals surface area contributed by atoms with Crippen molar-refractivity contribution < 1.29 is 4.39 Å². The number of aryl methyl sites for hydroxylation is 1. The van der Waals surface area contributed by atoms with Crippen LogP contribution in [-0.2, 0) is 0 Å². The Balaban J connectivity index is 2.14. The maximum atomic E-state index is 13.2. The second kappa shape index (κ2) is 4.54. The van der Waals surface area contributed by atoms with E-state index in [1.165, 1.54) is 25.3 Å². The average Bonchev–Trinajstić information content (AvgIpc) is 2.68. The fourth-order valence-electron chi connectivity index (χ4n) is 2.72. The van der Waals surface area contributed by atoms with Crippen molar-refractivity contribution in [1.29, 1.82) is 0 Å². The molecule has 0 aromatic heterocycles. The molecule has 1 aromatic rings. The van der Waals surface area contributed by atoms with Crippen LogP contribution in [0.25, 0.3) is 0 Å². The summed E-state index contributed by atoms with van der Waals surface area (Å²) < 4.78 is 13.2. The summed E-state index contributed by atoms with van der Waals surface area (Å²) in [6, 6.07) is 5.33. The lowest BCUT2D eigenvalue weighted by Crippen LogP contribution is -2.19. The Bertz CT molecular complexity index is 375. The van der Waals surface area contributed by atoms with Crippen molar-refractivity contribution in [3.05, 3.63) is 35.1 Å². The van der Waals surface area contributed by atoms with E-state index in [1.807, 2.05) is 12.1 Å². The summed E-state index contributed by atoms with van der Waals surface area (Å²) >= 11 is 0. The molecule has 0 bridgehead atoms. The van der Waals surface area contributed by atoms with Crippen LogP contribution in [0, 0.1) is 24.6 Å². The van der Waals surface area contributed by atoms with Gasteiger partial charge in [-0.05, 0) is 48.8 Å². The molecular weight excluding hydrogens is 201 g/mol. The molecule has 1 fully saturated rings. The SMILES string of the molecule is Cc1cc(C(N)C2CCC(C)C2)ccc1F. The minimum atomic E-state index is -0.143. The van der Waals surface area contributed by atoms with Gasteiger partial charge in [-0.3, -0.25) is 0 Å². The Morgan fingerprint density at radius 2 is 2.12 bits per heavy atom. The first-order valence-electron chi connectivity index (χ1n) is 6.09. The summed E-state index contributed by atoms with van der Waals surface area (Å²) in [5, 5.41) is 0. The van der Waals surface area contributed by atoms with Gasteiger partial charge in [0.25, 0.3) is 0 Å². The first-order chi connectivity index (χ1) is 7.58. The van der Waals surface area contributed by atoms with Gasteiger partial charge in [0.15, 0.2) is 0 Å². The molecule has 1 nitrogen and oxygen atoms in total. The predicted molar refractivity (Wildman–Crippen MR) is 64.6 cm³/mol. The summed E-state index contributed by atoms with van der Waals surface area (Å²) in [4.78, 5) is 0. The Hall–Kier alpha value is -0.890. The van der Waals surface area contributed by atoms with Crippen LogP contribution in [0.3, 0.4) is 0 Å². The standard InChI is InChI=1S/C14H20FN/c1-9-3-4-11(7-9)14(16)12-5-6-13(15)10(2)8-12/h5-6,8-9,11,14H,3-4,7,16H2,1-2H3. The third-order valence-electron chi connectivity index (χ3n) is 3.81. The summed E-state index contributed by atoms with van der Waals surface area (Å²) in [6.45, 7) is 4.07. The van der Waals surface area contributed by atoms with E-state index in [1.54, 1.807) is 6.92 Å². The summed E-state index contributed by atoms with van der Waals surface area (Å²) in [5.41, 5.74) is 8.03. The van der Waals surface area contributed by atoms with E-state index in [0.717, 1.165) is 11.5 Å². The highest BCUT2D eigenvalue weighted by atomic mass is 19.1. The van der Waals surface area contributed by atoms with Gasteiger partial charge in [-0.2, -0.15) is 0 Å². The zero-order valence-corrected chi connectivity index (χ0v) is 10.0. The second-order valence-electron chi connectivity index (χ2n) is 5.21. The summed E-state index contributed by atoms with van der Waals surface area (Å²) in [6.07, 6.45) is 3.69. The molecule has 88 valence electrons. The highest BCUT2D eigenvalue weighted by Gasteiger charge is 2.27. The third-order valence-corrected chi connectivity index (χ3v) is 3.81. The Morgan fingerprint density at radius 3 is 2.69 bits per heavy atom. The Kier molecular flexibility index (Phi) is 3.29. The second-order valence-corrected chi connectivity index (χ2v) is 5.21. The first-order valence-corrected chi connectivity index (χ1v) is 6.09. The Morgan fingerprint density at radius 1 is 1.38 bits per heavy atom. The molecule has 0 aliphatic heterocycles. The molecule has 2 heteroatoms. The van der Waals surface area contributed by atoms with Gasteiger partial charge in [0.1, 0.15) is 5.82 Å². The van der Waals surface area contributed by atoms with Crippen LogP contribution in [0.15, 0.2) is 18.2 Å². The van der Waals surface area contributed by atoms with Crippen molar-refractivity contribution in [3.63, 3.8) is 0 Å². The smallest absolute Gasteiger partial charge is 0.126 e. The van der Waals surface area contributed by atoms with Gasteiger partial charge >= 0.3 is 0 Å². The van der Waals surface area contributed by atoms with Crippen LogP contribution in [-0.4, -0.2) is 0 Å². The van der Waals surface area contributed by atoms with E-state index in [0.29, 0.717) is 11.5 Å². The zero-order valence-electron chi connectivity index (χ0n) is 10.0. The van der Waals surface area contributed by atoms with E-state index in [-0.39, 0.29) is 11.9 Å². The molecule has 0 spiro atoms. The molecule has 3 unspecified atom stereocenters. The van der Waals surface area contributed by atoms with Crippen LogP contribution in [0.2, 0.25) is 0 Å². The molecule has 2 N–H and O–H groups in total. The average molecular weight is 221 g/mol. The lowest BCUT2D eigenvalue weighted by molar-refractivity contribution is 0.428. The number of hydrogen-bond acceptors (Lipinski definition) is 1. The number of nitrogens with two attached hydrogens (primary N) is 1. The largest absolute Gasteiger partial charge is 0.324 e. The summed E-state index contributed by atoms with van der Waals surface area (Å²) in [7, 11) is 0. The van der Waals surface area contributed by atoms with Gasteiger partial charge in [0, 0.05) is 6.04 Å². The van der Waals surface area contributed by atoms with Crippen molar-refractivity contribution >= 4 is 0 Å². The van der Waals surface area contributed by atoms with Crippen LogP contribution in [0.1, 0.15) is 43.4 Å². The molecule has 3 atom stereocenters. The maximum Gasteiger partial charge on any atom is 0.126 e. The zero-order chi connectivity index (χ0) is 11.7. The number of hydrogen-bond donors (Lipinski definition) is 1. The van der Waals surface area contributed by atoms with E-state index >= 15 is 0 Å². The Labute approximate surface area is 96.9 Å². The van der Waals surface area contributed by atoms with E-state index in [2.05, 4.69) is 6.92 Å². The van der Waals surface area contributed by atoms with Crippen molar-refractivity contribution in [3.8, 4) is 0 Å². The molecule has 16 heavy (non-hydrogen) atoms. The van der Waals surface area contributed by atoms with E-state index in [9.17, 15) is 4.39 Å². The van der Waals surface area contributed by atoms with Crippen molar-refractivity contribution in [2.24, 2.45) is 17.6 Å². The van der Waals surface area contributed by atoms with Gasteiger partial charge in [-0.15, -0.1) is 0 Å². The normalized spacial score (nSPS) is 27.0. The first kappa shape index (κ1) is 11.6. The fourth-order valence-corrected chi connectivity index (χ4v) is 2.72. The lowest BCUT2D eigenvalue weighted by atomic mass is 9.91. The third kappa shape index (κ3) is 2.27. The molecule has 1 saturated carbocycles. The topological polar surface area (TPSA) is 26.0 Å².